The Hall–Kier alpha value is -6.85. The summed E-state index contributed by atoms with van der Waals surface area (Å²) in [6, 6.07) is 59.2. The molecule has 0 spiro atoms. The van der Waals surface area contributed by atoms with E-state index in [0.29, 0.717) is 5.82 Å². The molecule has 248 valence electrons. The van der Waals surface area contributed by atoms with Crippen LogP contribution in [0, 0.1) is 0 Å². The van der Waals surface area contributed by atoms with E-state index < -0.39 is 0 Å². The first-order valence-corrected chi connectivity index (χ1v) is 17.4. The standard InChI is InChI=1S/C47H34N4O/c1-50-43-28-26-38(29-44(43)51(2)47(50)52)31-17-21-34(22-18-31)41-30-42(49-46(48-41)37-14-7-4-8-15-37)35-23-19-33(20-24-35)40-27-25-32-11-9-10-16-39(32)45(40)36-12-5-3-6-13-36/h3-30H,1-2H3. The third-order valence-corrected chi connectivity index (χ3v) is 10.0. The van der Waals surface area contributed by atoms with Gasteiger partial charge >= 0.3 is 5.69 Å². The van der Waals surface area contributed by atoms with Crippen LogP contribution in [-0.4, -0.2) is 19.1 Å². The quantitative estimate of drug-likeness (QED) is 0.177. The van der Waals surface area contributed by atoms with Gasteiger partial charge in [0.05, 0.1) is 22.4 Å². The number of imidazole rings is 1. The van der Waals surface area contributed by atoms with Crippen LogP contribution in [0.4, 0.5) is 0 Å². The molecule has 5 nitrogen and oxygen atoms in total. The summed E-state index contributed by atoms with van der Waals surface area (Å²) in [5.41, 5.74) is 13.4. The molecule has 0 atom stereocenters. The Balaban J connectivity index is 1.11. The van der Waals surface area contributed by atoms with Crippen molar-refractivity contribution in [1.82, 2.24) is 19.1 Å². The van der Waals surface area contributed by atoms with Crippen LogP contribution in [0.15, 0.2) is 175 Å². The molecular weight excluding hydrogens is 637 g/mol. The topological polar surface area (TPSA) is 52.7 Å². The number of hydrogen-bond donors (Lipinski definition) is 0. The van der Waals surface area contributed by atoms with Gasteiger partial charge in [-0.1, -0.05) is 152 Å². The molecule has 2 heterocycles. The summed E-state index contributed by atoms with van der Waals surface area (Å²) in [7, 11) is 3.62. The number of hydrogen-bond acceptors (Lipinski definition) is 3. The van der Waals surface area contributed by atoms with Crippen molar-refractivity contribution in [3.63, 3.8) is 0 Å². The maximum atomic E-state index is 12.5. The molecule has 0 N–H and O–H groups in total. The van der Waals surface area contributed by atoms with Crippen LogP contribution >= 0.6 is 0 Å². The molecule has 0 fully saturated rings. The summed E-state index contributed by atoms with van der Waals surface area (Å²) in [4.78, 5) is 22.6. The second-order valence-electron chi connectivity index (χ2n) is 13.2. The zero-order chi connectivity index (χ0) is 35.2. The van der Waals surface area contributed by atoms with E-state index in [9.17, 15) is 4.79 Å². The molecule has 0 radical (unpaired) electrons. The molecule has 9 aromatic rings. The molecule has 5 heteroatoms. The lowest BCUT2D eigenvalue weighted by Crippen LogP contribution is -2.19. The Morgan fingerprint density at radius 3 is 1.63 bits per heavy atom. The third-order valence-electron chi connectivity index (χ3n) is 10.0. The van der Waals surface area contributed by atoms with Gasteiger partial charge in [0.15, 0.2) is 5.82 Å². The van der Waals surface area contributed by atoms with Crippen LogP contribution in [0.1, 0.15) is 0 Å². The van der Waals surface area contributed by atoms with Crippen molar-refractivity contribution in [3.8, 4) is 67.3 Å². The van der Waals surface area contributed by atoms with Gasteiger partial charge in [0.1, 0.15) is 0 Å². The average Bonchev–Trinajstić information content (AvgIpc) is 3.43. The number of aryl methyl sites for hydroxylation is 2. The third kappa shape index (κ3) is 5.49. The van der Waals surface area contributed by atoms with Gasteiger partial charge < -0.3 is 0 Å². The van der Waals surface area contributed by atoms with Crippen molar-refractivity contribution >= 4 is 21.8 Å². The molecule has 0 amide bonds. The number of benzene rings is 7. The maximum absolute atomic E-state index is 12.5. The molecule has 0 bridgehead atoms. The van der Waals surface area contributed by atoms with Gasteiger partial charge in [-0.3, -0.25) is 9.13 Å². The Morgan fingerprint density at radius 2 is 0.962 bits per heavy atom. The lowest BCUT2D eigenvalue weighted by Gasteiger charge is -2.15. The SMILES string of the molecule is Cn1c(=O)n(C)c2cc(-c3ccc(-c4cc(-c5ccc(-c6ccc7ccccc7c6-c6ccccc6)cc5)nc(-c5ccccc5)n4)cc3)ccc21. The molecule has 9 rings (SSSR count). The highest BCUT2D eigenvalue weighted by Gasteiger charge is 2.15. The van der Waals surface area contributed by atoms with Crippen LogP contribution < -0.4 is 5.69 Å². The first-order chi connectivity index (χ1) is 25.5. The van der Waals surface area contributed by atoms with Crippen LogP contribution in [0.5, 0.6) is 0 Å². The monoisotopic (exact) mass is 670 g/mol. The summed E-state index contributed by atoms with van der Waals surface area (Å²) in [5, 5.41) is 2.46. The average molecular weight is 671 g/mol. The van der Waals surface area contributed by atoms with E-state index in [1.807, 2.05) is 43.4 Å². The summed E-state index contributed by atoms with van der Waals surface area (Å²) in [6.07, 6.45) is 0. The Bertz CT molecular complexity index is 2800. The van der Waals surface area contributed by atoms with Crippen LogP contribution in [-0.2, 0) is 14.1 Å². The van der Waals surface area contributed by atoms with Gasteiger partial charge in [0.2, 0.25) is 0 Å². The fourth-order valence-electron chi connectivity index (χ4n) is 7.23. The van der Waals surface area contributed by atoms with E-state index in [1.54, 1.807) is 16.2 Å². The van der Waals surface area contributed by atoms with Crippen molar-refractivity contribution in [1.29, 1.82) is 0 Å². The van der Waals surface area contributed by atoms with E-state index in [0.717, 1.165) is 55.8 Å². The molecule has 0 saturated heterocycles. The van der Waals surface area contributed by atoms with E-state index >= 15 is 0 Å². The highest BCUT2D eigenvalue weighted by atomic mass is 16.1. The second kappa shape index (κ2) is 12.8. The number of rotatable bonds is 6. The highest BCUT2D eigenvalue weighted by molar-refractivity contribution is 6.04. The first-order valence-electron chi connectivity index (χ1n) is 17.4. The molecule has 7 aromatic carbocycles. The van der Waals surface area contributed by atoms with Crippen molar-refractivity contribution in [2.75, 3.05) is 0 Å². The van der Waals surface area contributed by atoms with Gasteiger partial charge in [-0.15, -0.1) is 0 Å². The van der Waals surface area contributed by atoms with Gasteiger partial charge in [0.25, 0.3) is 0 Å². The summed E-state index contributed by atoms with van der Waals surface area (Å²) in [5.74, 6) is 0.678. The zero-order valence-corrected chi connectivity index (χ0v) is 28.9. The molecule has 0 aliphatic carbocycles. The minimum absolute atomic E-state index is 0.0310. The van der Waals surface area contributed by atoms with Gasteiger partial charge in [0, 0.05) is 30.8 Å². The fourth-order valence-corrected chi connectivity index (χ4v) is 7.23. The summed E-state index contributed by atoms with van der Waals surface area (Å²) >= 11 is 0. The van der Waals surface area contributed by atoms with Crippen molar-refractivity contribution in [2.45, 2.75) is 0 Å². The van der Waals surface area contributed by atoms with E-state index in [2.05, 4.69) is 133 Å². The van der Waals surface area contributed by atoms with Crippen molar-refractivity contribution in [2.24, 2.45) is 14.1 Å². The normalized spacial score (nSPS) is 11.3. The first kappa shape index (κ1) is 31.2. The Morgan fingerprint density at radius 1 is 0.423 bits per heavy atom. The Labute approximate surface area is 301 Å². The smallest absolute Gasteiger partial charge is 0.295 e. The molecule has 52 heavy (non-hydrogen) atoms. The van der Waals surface area contributed by atoms with Gasteiger partial charge in [-0.05, 0) is 62.4 Å². The lowest BCUT2D eigenvalue weighted by molar-refractivity contribution is 0.795. The molecule has 0 aliphatic rings. The number of nitrogens with zero attached hydrogens (tertiary/aromatic N) is 4. The molecule has 0 aliphatic heterocycles. The predicted molar refractivity (Wildman–Crippen MR) is 214 cm³/mol. The fraction of sp³-hybridized carbons (Fsp3) is 0.0426. The van der Waals surface area contributed by atoms with Crippen molar-refractivity contribution < 1.29 is 0 Å². The van der Waals surface area contributed by atoms with E-state index in [1.165, 1.54) is 27.5 Å². The van der Waals surface area contributed by atoms with Crippen LogP contribution in [0.2, 0.25) is 0 Å². The van der Waals surface area contributed by atoms with E-state index in [-0.39, 0.29) is 5.69 Å². The predicted octanol–water partition coefficient (Wildman–Crippen LogP) is 10.8. The molecular formula is C47H34N4O. The van der Waals surface area contributed by atoms with Gasteiger partial charge in [-0.2, -0.15) is 0 Å². The lowest BCUT2D eigenvalue weighted by atomic mass is 9.89. The van der Waals surface area contributed by atoms with Crippen LogP contribution in [0.25, 0.3) is 89.1 Å². The maximum Gasteiger partial charge on any atom is 0.328 e. The van der Waals surface area contributed by atoms with E-state index in [4.69, 9.17) is 9.97 Å². The highest BCUT2D eigenvalue weighted by Crippen LogP contribution is 2.39. The summed E-state index contributed by atoms with van der Waals surface area (Å²) in [6.45, 7) is 0. The zero-order valence-electron chi connectivity index (χ0n) is 28.9. The molecule has 2 aromatic heterocycles. The minimum Gasteiger partial charge on any atom is -0.295 e. The number of aromatic nitrogens is 4. The molecule has 0 unspecified atom stereocenters. The molecule has 0 saturated carbocycles. The van der Waals surface area contributed by atoms with Gasteiger partial charge in [-0.25, -0.2) is 14.8 Å². The van der Waals surface area contributed by atoms with Crippen molar-refractivity contribution in [3.05, 3.63) is 180 Å². The number of fused-ring (bicyclic) bond motifs is 2. The minimum atomic E-state index is -0.0310. The summed E-state index contributed by atoms with van der Waals surface area (Å²) < 4.78 is 3.37. The largest absolute Gasteiger partial charge is 0.328 e. The van der Waals surface area contributed by atoms with Crippen LogP contribution in [0.3, 0.4) is 0 Å². The second-order valence-corrected chi connectivity index (χ2v) is 13.2. The Kier molecular flexibility index (Phi) is 7.67.